The predicted octanol–water partition coefficient (Wildman–Crippen LogP) is 0.0286. The Morgan fingerprint density at radius 1 is 1.17 bits per heavy atom. The number of rotatable bonds is 0. The molecular formula is C2AuCoN2. The van der Waals surface area contributed by atoms with Gasteiger partial charge in [0.25, 0.3) is 0 Å². The molecule has 4 heteroatoms. The predicted molar refractivity (Wildman–Crippen MR) is 11.2 cm³/mol. The van der Waals surface area contributed by atoms with Crippen LogP contribution in [-0.4, -0.2) is 0 Å². The molecule has 0 aromatic heterocycles. The minimum absolute atomic E-state index is 0. The fraction of sp³-hybridized carbons (Fsp3) is 0. The van der Waals surface area contributed by atoms with Gasteiger partial charge in [-0.1, -0.05) is 0 Å². The molecule has 0 fully saturated rings. The van der Waals surface area contributed by atoms with Crippen molar-refractivity contribution in [2.24, 2.45) is 0 Å². The second-order valence-electron chi connectivity index (χ2n) is 0.232. The minimum Gasteiger partial charge on any atom is 0 e. The van der Waals surface area contributed by atoms with Crippen molar-refractivity contribution in [3.8, 4) is 10.0 Å². The summed E-state index contributed by atoms with van der Waals surface area (Å²) in [6.07, 6.45) is 0. The van der Waals surface area contributed by atoms with E-state index in [4.69, 9.17) is 10.5 Å². The van der Waals surface area contributed by atoms with Gasteiger partial charge in [0.2, 0.25) is 0 Å². The third-order valence-electron chi connectivity index (χ3n) is 0.0745. The Morgan fingerprint density at radius 3 is 1.50 bits per heavy atom. The Balaban J connectivity index is 0. The third kappa shape index (κ3) is 8.88. The molecule has 0 unspecified atom stereocenters. The van der Waals surface area contributed by atoms with Gasteiger partial charge in [-0.05, 0) is 0 Å². The molecule has 0 bridgehead atoms. The first-order valence-corrected chi connectivity index (χ1v) is 1.82. The summed E-state index contributed by atoms with van der Waals surface area (Å²) in [6, 6.07) is 0. The molecule has 0 aromatic rings. The van der Waals surface area contributed by atoms with Gasteiger partial charge < -0.3 is 0 Å². The van der Waals surface area contributed by atoms with Gasteiger partial charge in [-0.25, -0.2) is 0 Å². The normalized spacial score (nSPS) is 4.33. The molecule has 0 spiro atoms. The summed E-state index contributed by atoms with van der Waals surface area (Å²) < 4.78 is 0. The molecule has 0 aliphatic heterocycles. The zero-order chi connectivity index (χ0) is 4.12. The van der Waals surface area contributed by atoms with E-state index in [1.165, 1.54) is 0 Å². The molecule has 2 nitrogen and oxygen atoms in total. The average Bonchev–Trinajstić information content (AvgIpc) is 1.41. The van der Waals surface area contributed by atoms with Crippen molar-refractivity contribution < 1.29 is 37.1 Å². The second-order valence-corrected chi connectivity index (χ2v) is 0.958. The summed E-state index contributed by atoms with van der Waals surface area (Å²) in [5.41, 5.74) is 0. The minimum atomic E-state index is 0. The summed E-state index contributed by atoms with van der Waals surface area (Å²) in [6.45, 7) is 0. The molecule has 38 valence electrons. The maximum atomic E-state index is 7.58. The van der Waals surface area contributed by atoms with E-state index in [0.717, 1.165) is 0 Å². The first-order chi connectivity index (χ1) is 2.41. The van der Waals surface area contributed by atoms with E-state index >= 15 is 0 Å². The van der Waals surface area contributed by atoms with Crippen LogP contribution < -0.4 is 0 Å². The van der Waals surface area contributed by atoms with Gasteiger partial charge >= 0.3 is 35.2 Å². The van der Waals surface area contributed by atoms with Crippen molar-refractivity contribution in [2.45, 2.75) is 0 Å². The van der Waals surface area contributed by atoms with Crippen LogP contribution in [0.4, 0.5) is 0 Å². The van der Waals surface area contributed by atoms with Crippen LogP contribution in [0, 0.1) is 20.5 Å². The van der Waals surface area contributed by atoms with Crippen molar-refractivity contribution in [3.63, 3.8) is 0 Å². The maximum Gasteiger partial charge on any atom is 0 e. The molecule has 0 heterocycles. The fourth-order valence-corrected chi connectivity index (χ4v) is 0.0687. The van der Waals surface area contributed by atoms with E-state index in [-0.39, 0.29) is 37.1 Å². The Hall–Kier alpha value is 0.227. The van der Waals surface area contributed by atoms with Gasteiger partial charge in [0.15, 0.2) is 0 Å². The van der Waals surface area contributed by atoms with Gasteiger partial charge in [0, 0.05) is 22.4 Å². The van der Waals surface area contributed by atoms with E-state index in [9.17, 15) is 0 Å². The second kappa shape index (κ2) is 8.97. The molecule has 0 N–H and O–H groups in total. The van der Waals surface area contributed by atoms with Crippen LogP contribution in [0.1, 0.15) is 0 Å². The summed E-state index contributed by atoms with van der Waals surface area (Å²) in [7, 11) is 0. The molecule has 0 saturated heterocycles. The first-order valence-electron chi connectivity index (χ1n) is 0.781. The number of hydrogen-bond donors (Lipinski definition) is 0. The smallest absolute Gasteiger partial charge is 0 e. The molecule has 0 aliphatic carbocycles. The third-order valence-corrected chi connectivity index (χ3v) is 0.307. The van der Waals surface area contributed by atoms with Crippen LogP contribution >= 0.6 is 0 Å². The Morgan fingerprint density at radius 2 is 1.50 bits per heavy atom. The molecule has 1 radical (unpaired) electrons. The van der Waals surface area contributed by atoms with Crippen LogP contribution in [0.15, 0.2) is 0 Å². The molecule has 0 aromatic carbocycles. The van der Waals surface area contributed by atoms with Gasteiger partial charge in [0.05, 0.1) is 0 Å². The van der Waals surface area contributed by atoms with E-state index in [0.29, 0.717) is 0 Å². The maximum absolute atomic E-state index is 7.58. The quantitative estimate of drug-likeness (QED) is 0.593. The summed E-state index contributed by atoms with van der Waals surface area (Å²) >= 11 is 0.215. The van der Waals surface area contributed by atoms with Gasteiger partial charge in [-0.15, -0.1) is 0 Å². The van der Waals surface area contributed by atoms with Crippen LogP contribution in [0.25, 0.3) is 0 Å². The molecular weight excluding hydrogens is 308 g/mol. The first kappa shape index (κ1) is 9.52. The van der Waals surface area contributed by atoms with Crippen molar-refractivity contribution in [1.29, 1.82) is 10.5 Å². The van der Waals surface area contributed by atoms with E-state index in [1.54, 1.807) is 10.0 Å². The Kier molecular flexibility index (Phi) is 14.2. The largest absolute Gasteiger partial charge is 0 e. The van der Waals surface area contributed by atoms with Crippen molar-refractivity contribution in [2.75, 3.05) is 0 Å². The fourth-order valence-electron chi connectivity index (χ4n) is 0.0167. The number of nitrogens with zero attached hydrogens (tertiary/aromatic N) is 2. The molecule has 0 saturated carbocycles. The van der Waals surface area contributed by atoms with Crippen molar-refractivity contribution in [3.05, 3.63) is 0 Å². The summed E-state index contributed by atoms with van der Waals surface area (Å²) in [4.78, 5) is 0. The Bertz CT molecular complexity index is 76.7. The molecule has 0 amide bonds. The Labute approximate surface area is 57.6 Å². The zero-order valence-corrected chi connectivity index (χ0v) is 5.74. The van der Waals surface area contributed by atoms with E-state index in [2.05, 4.69) is 0 Å². The summed E-state index contributed by atoms with van der Waals surface area (Å²) in [5.74, 6) is 0. The van der Waals surface area contributed by atoms with Gasteiger partial charge in [0.1, 0.15) is 0 Å². The SMILES string of the molecule is N#[C][Co][C]#N.[Au]. The van der Waals surface area contributed by atoms with Gasteiger partial charge in [-0.3, -0.25) is 0 Å². The molecule has 0 atom stereocenters. The van der Waals surface area contributed by atoms with Crippen LogP contribution in [-0.2, 0) is 37.1 Å². The molecule has 0 rings (SSSR count). The van der Waals surface area contributed by atoms with Crippen LogP contribution in [0.3, 0.4) is 0 Å². The number of nitriles is 2. The average molecular weight is 308 g/mol. The van der Waals surface area contributed by atoms with Gasteiger partial charge in [-0.2, -0.15) is 0 Å². The van der Waals surface area contributed by atoms with Crippen LogP contribution in [0.2, 0.25) is 0 Å². The molecule has 0 aliphatic rings. The standard InChI is InChI=1S/2CN.Au.Co/c2*1-2;;. The number of hydrogen-bond acceptors (Lipinski definition) is 2. The molecule has 6 heavy (non-hydrogen) atoms. The zero-order valence-electron chi connectivity index (χ0n) is 2.53. The topological polar surface area (TPSA) is 47.6 Å². The monoisotopic (exact) mass is 308 g/mol. The summed E-state index contributed by atoms with van der Waals surface area (Å²) in [5, 5.41) is 18.4. The van der Waals surface area contributed by atoms with E-state index in [1.807, 2.05) is 0 Å². The van der Waals surface area contributed by atoms with Crippen molar-refractivity contribution >= 4 is 0 Å². The van der Waals surface area contributed by atoms with Crippen LogP contribution in [0.5, 0.6) is 0 Å². The van der Waals surface area contributed by atoms with E-state index < -0.39 is 0 Å². The van der Waals surface area contributed by atoms with Crippen molar-refractivity contribution in [1.82, 2.24) is 0 Å².